The van der Waals surface area contributed by atoms with Gasteiger partial charge < -0.3 is 5.73 Å². The molecule has 0 aliphatic heterocycles. The average Bonchev–Trinajstić information content (AvgIpc) is 2.58. The van der Waals surface area contributed by atoms with E-state index in [4.69, 9.17) is 10.7 Å². The molecule has 2 heterocycles. The highest BCUT2D eigenvalue weighted by molar-refractivity contribution is 7.18. The van der Waals surface area contributed by atoms with Gasteiger partial charge in [0.1, 0.15) is 16.5 Å². The number of hydrogen-bond donors (Lipinski definition) is 1. The fourth-order valence-electron chi connectivity index (χ4n) is 2.80. The van der Waals surface area contributed by atoms with E-state index in [2.05, 4.69) is 18.0 Å². The van der Waals surface area contributed by atoms with Crippen LogP contribution in [0.5, 0.6) is 0 Å². The van der Waals surface area contributed by atoms with Crippen LogP contribution in [0.25, 0.3) is 10.2 Å². The number of fused-ring (bicyclic) bond motifs is 1. The molecule has 0 spiro atoms. The Bertz CT molecular complexity index is 553. The molecule has 96 valence electrons. The Morgan fingerprint density at radius 2 is 1.89 bits per heavy atom. The van der Waals surface area contributed by atoms with Gasteiger partial charge in [-0.1, -0.05) is 25.7 Å². The molecule has 0 bridgehead atoms. The van der Waals surface area contributed by atoms with Crippen LogP contribution >= 0.6 is 11.3 Å². The van der Waals surface area contributed by atoms with Gasteiger partial charge in [-0.2, -0.15) is 0 Å². The van der Waals surface area contributed by atoms with Gasteiger partial charge in [-0.15, -0.1) is 11.3 Å². The Balaban J connectivity index is 2.00. The molecule has 1 saturated carbocycles. The van der Waals surface area contributed by atoms with Gasteiger partial charge >= 0.3 is 0 Å². The molecule has 1 aliphatic rings. The summed E-state index contributed by atoms with van der Waals surface area (Å²) in [6.45, 7) is 2.09. The van der Waals surface area contributed by atoms with Gasteiger partial charge in [0.2, 0.25) is 0 Å². The van der Waals surface area contributed by atoms with Crippen LogP contribution in [-0.4, -0.2) is 9.97 Å². The predicted octanol–water partition coefficient (Wildman–Crippen LogP) is 4.02. The normalized spacial score (nSPS) is 18.1. The lowest BCUT2D eigenvalue weighted by Gasteiger charge is -2.12. The van der Waals surface area contributed by atoms with E-state index in [0.29, 0.717) is 11.7 Å². The second-order valence-electron chi connectivity index (χ2n) is 5.23. The zero-order chi connectivity index (χ0) is 12.5. The van der Waals surface area contributed by atoms with Gasteiger partial charge in [0.25, 0.3) is 0 Å². The molecule has 0 radical (unpaired) electrons. The van der Waals surface area contributed by atoms with Gasteiger partial charge in [0, 0.05) is 10.8 Å². The molecule has 0 saturated heterocycles. The van der Waals surface area contributed by atoms with Gasteiger partial charge in [0.15, 0.2) is 0 Å². The summed E-state index contributed by atoms with van der Waals surface area (Å²) >= 11 is 1.72. The number of thiophene rings is 1. The third-order valence-corrected chi connectivity index (χ3v) is 4.73. The summed E-state index contributed by atoms with van der Waals surface area (Å²) in [5, 5.41) is 1.02. The molecule has 0 aromatic carbocycles. The summed E-state index contributed by atoms with van der Waals surface area (Å²) in [6.07, 6.45) is 7.74. The minimum Gasteiger partial charge on any atom is -0.383 e. The molecule has 0 amide bonds. The van der Waals surface area contributed by atoms with Crippen LogP contribution in [-0.2, 0) is 0 Å². The fourth-order valence-corrected chi connectivity index (χ4v) is 3.70. The smallest absolute Gasteiger partial charge is 0.135 e. The van der Waals surface area contributed by atoms with Crippen LogP contribution in [0, 0.1) is 6.92 Å². The van der Waals surface area contributed by atoms with Crippen LogP contribution in [0.2, 0.25) is 0 Å². The lowest BCUT2D eigenvalue weighted by atomic mass is 9.99. The van der Waals surface area contributed by atoms with E-state index in [9.17, 15) is 0 Å². The van der Waals surface area contributed by atoms with Crippen molar-refractivity contribution in [2.75, 3.05) is 5.73 Å². The van der Waals surface area contributed by atoms with Crippen molar-refractivity contribution in [1.82, 2.24) is 9.97 Å². The number of rotatable bonds is 1. The summed E-state index contributed by atoms with van der Waals surface area (Å²) in [7, 11) is 0. The first-order valence-corrected chi connectivity index (χ1v) is 7.59. The Labute approximate surface area is 111 Å². The van der Waals surface area contributed by atoms with E-state index in [-0.39, 0.29) is 0 Å². The zero-order valence-electron chi connectivity index (χ0n) is 10.8. The largest absolute Gasteiger partial charge is 0.383 e. The number of nitrogens with two attached hydrogens (primary N) is 1. The third-order valence-electron chi connectivity index (χ3n) is 3.78. The van der Waals surface area contributed by atoms with Crippen LogP contribution in [0.15, 0.2) is 6.07 Å². The summed E-state index contributed by atoms with van der Waals surface area (Å²) in [4.78, 5) is 11.6. The molecule has 1 fully saturated rings. The SMILES string of the molecule is Cc1cc2c(N)nc(C3CCCCCC3)nc2s1. The first kappa shape index (κ1) is 11.9. The second-order valence-corrected chi connectivity index (χ2v) is 6.47. The van der Waals surface area contributed by atoms with E-state index >= 15 is 0 Å². The van der Waals surface area contributed by atoms with E-state index in [1.807, 2.05) is 0 Å². The molecule has 3 rings (SSSR count). The quantitative estimate of drug-likeness (QED) is 0.789. The highest BCUT2D eigenvalue weighted by Gasteiger charge is 2.19. The van der Waals surface area contributed by atoms with Crippen molar-refractivity contribution in [1.29, 1.82) is 0 Å². The van der Waals surface area contributed by atoms with Crippen molar-refractivity contribution >= 4 is 27.4 Å². The number of hydrogen-bond acceptors (Lipinski definition) is 4. The summed E-state index contributed by atoms with van der Waals surface area (Å²) in [6, 6.07) is 2.09. The topological polar surface area (TPSA) is 51.8 Å². The highest BCUT2D eigenvalue weighted by Crippen LogP contribution is 2.33. The molecular weight excluding hydrogens is 242 g/mol. The van der Waals surface area contributed by atoms with Crippen molar-refractivity contribution in [2.24, 2.45) is 0 Å². The molecular formula is C14H19N3S. The van der Waals surface area contributed by atoms with Crippen molar-refractivity contribution < 1.29 is 0 Å². The van der Waals surface area contributed by atoms with Crippen molar-refractivity contribution in [3.05, 3.63) is 16.8 Å². The summed E-state index contributed by atoms with van der Waals surface area (Å²) in [5.74, 6) is 2.15. The van der Waals surface area contributed by atoms with Crippen molar-refractivity contribution in [2.45, 2.75) is 51.4 Å². The molecule has 0 atom stereocenters. The fraction of sp³-hybridized carbons (Fsp3) is 0.571. The number of nitrogens with zero attached hydrogens (tertiary/aromatic N) is 2. The Kier molecular flexibility index (Phi) is 3.20. The third kappa shape index (κ3) is 2.21. The van der Waals surface area contributed by atoms with E-state index in [1.54, 1.807) is 11.3 Å². The van der Waals surface area contributed by atoms with Crippen LogP contribution in [0.3, 0.4) is 0 Å². The summed E-state index contributed by atoms with van der Waals surface area (Å²) in [5.41, 5.74) is 6.07. The van der Waals surface area contributed by atoms with Gasteiger partial charge in [0.05, 0.1) is 5.39 Å². The molecule has 18 heavy (non-hydrogen) atoms. The van der Waals surface area contributed by atoms with E-state index < -0.39 is 0 Å². The predicted molar refractivity (Wildman–Crippen MR) is 77.0 cm³/mol. The van der Waals surface area contributed by atoms with Crippen LogP contribution < -0.4 is 5.73 Å². The van der Waals surface area contributed by atoms with Crippen molar-refractivity contribution in [3.63, 3.8) is 0 Å². The maximum absolute atomic E-state index is 6.07. The van der Waals surface area contributed by atoms with Crippen molar-refractivity contribution in [3.8, 4) is 0 Å². The molecule has 3 nitrogen and oxygen atoms in total. The molecule has 2 aromatic rings. The standard InChI is InChI=1S/C14H19N3S/c1-9-8-11-12(15)16-13(17-14(11)18-9)10-6-4-2-3-5-7-10/h8,10H,2-7H2,1H3,(H2,15,16,17). The molecule has 4 heteroatoms. The van der Waals surface area contributed by atoms with Gasteiger partial charge in [-0.05, 0) is 25.8 Å². The summed E-state index contributed by atoms with van der Waals surface area (Å²) < 4.78 is 0. The van der Waals surface area contributed by atoms with Gasteiger partial charge in [-0.3, -0.25) is 0 Å². The molecule has 0 unspecified atom stereocenters. The first-order valence-electron chi connectivity index (χ1n) is 6.77. The zero-order valence-corrected chi connectivity index (χ0v) is 11.6. The molecule has 1 aliphatic carbocycles. The minimum absolute atomic E-state index is 0.515. The lowest BCUT2D eigenvalue weighted by molar-refractivity contribution is 0.564. The first-order chi connectivity index (χ1) is 8.74. The number of aromatic nitrogens is 2. The average molecular weight is 261 g/mol. The Morgan fingerprint density at radius 3 is 2.61 bits per heavy atom. The number of nitrogen functional groups attached to an aromatic ring is 1. The molecule has 2 N–H and O–H groups in total. The monoisotopic (exact) mass is 261 g/mol. The maximum atomic E-state index is 6.07. The van der Waals surface area contributed by atoms with E-state index in [1.165, 1.54) is 43.4 Å². The maximum Gasteiger partial charge on any atom is 0.135 e. The Hall–Kier alpha value is -1.16. The van der Waals surface area contributed by atoms with Gasteiger partial charge in [-0.25, -0.2) is 9.97 Å². The second kappa shape index (κ2) is 4.84. The highest BCUT2D eigenvalue weighted by atomic mass is 32.1. The van der Waals surface area contributed by atoms with Crippen LogP contribution in [0.1, 0.15) is 55.1 Å². The lowest BCUT2D eigenvalue weighted by Crippen LogP contribution is -2.06. The number of anilines is 1. The minimum atomic E-state index is 0.515. The Morgan fingerprint density at radius 1 is 1.17 bits per heavy atom. The number of aryl methyl sites for hydroxylation is 1. The van der Waals surface area contributed by atoms with E-state index in [0.717, 1.165) is 16.0 Å². The molecule has 2 aromatic heterocycles. The van der Waals surface area contributed by atoms with Crippen LogP contribution in [0.4, 0.5) is 5.82 Å².